The summed E-state index contributed by atoms with van der Waals surface area (Å²) in [4.78, 5) is 4.04. The molecule has 0 saturated heterocycles. The van der Waals surface area contributed by atoms with E-state index in [0.717, 1.165) is 11.5 Å². The van der Waals surface area contributed by atoms with Gasteiger partial charge in [-0.1, -0.05) is 0 Å². The molecule has 0 saturated carbocycles. The Morgan fingerprint density at radius 2 is 2.33 bits per heavy atom. The molecule has 0 aliphatic heterocycles. The van der Waals surface area contributed by atoms with E-state index in [1.54, 1.807) is 6.20 Å². The van der Waals surface area contributed by atoms with Gasteiger partial charge < -0.3 is 5.73 Å². The summed E-state index contributed by atoms with van der Waals surface area (Å²) < 4.78 is 1.85. The van der Waals surface area contributed by atoms with Crippen LogP contribution in [0.3, 0.4) is 0 Å². The number of hydrogen-bond acceptors (Lipinski definition) is 4. The number of fused-ring (bicyclic) bond motifs is 1. The first-order chi connectivity index (χ1) is 5.83. The molecule has 2 N–H and O–H groups in total. The first kappa shape index (κ1) is 7.17. The van der Waals surface area contributed by atoms with Crippen LogP contribution in [0.5, 0.6) is 0 Å². The summed E-state index contributed by atoms with van der Waals surface area (Å²) in [5.74, 6) is 1.35. The SMILES string of the molecule is Cc1ccnc2nnc(CN)n12. The van der Waals surface area contributed by atoms with Gasteiger partial charge in [0.15, 0.2) is 5.82 Å². The van der Waals surface area contributed by atoms with Crippen LogP contribution in [0.15, 0.2) is 12.3 Å². The van der Waals surface area contributed by atoms with Gasteiger partial charge in [0.2, 0.25) is 0 Å². The van der Waals surface area contributed by atoms with Gasteiger partial charge in [0.05, 0.1) is 6.54 Å². The third-order valence-electron chi connectivity index (χ3n) is 1.75. The predicted octanol–water partition coefficient (Wildman–Crippen LogP) is -0.109. The molecule has 5 heteroatoms. The second-order valence-corrected chi connectivity index (χ2v) is 2.54. The Kier molecular flexibility index (Phi) is 1.51. The van der Waals surface area contributed by atoms with Gasteiger partial charge in [0.1, 0.15) is 0 Å². The van der Waals surface area contributed by atoms with Gasteiger partial charge in [0.25, 0.3) is 5.78 Å². The normalized spacial score (nSPS) is 10.8. The molecule has 0 radical (unpaired) electrons. The molecule has 2 aromatic heterocycles. The van der Waals surface area contributed by atoms with Gasteiger partial charge in [-0.05, 0) is 13.0 Å². The molecular formula is C7H9N5. The summed E-state index contributed by atoms with van der Waals surface area (Å²) in [5, 5.41) is 7.77. The average Bonchev–Trinajstić information content (AvgIpc) is 2.49. The Morgan fingerprint density at radius 1 is 1.50 bits per heavy atom. The van der Waals surface area contributed by atoms with Crippen LogP contribution in [0.2, 0.25) is 0 Å². The van der Waals surface area contributed by atoms with E-state index in [4.69, 9.17) is 5.73 Å². The van der Waals surface area contributed by atoms with E-state index in [0.29, 0.717) is 12.3 Å². The van der Waals surface area contributed by atoms with E-state index < -0.39 is 0 Å². The average molecular weight is 163 g/mol. The second-order valence-electron chi connectivity index (χ2n) is 2.54. The lowest BCUT2D eigenvalue weighted by Crippen LogP contribution is -2.04. The molecule has 2 aromatic rings. The molecule has 5 nitrogen and oxygen atoms in total. The van der Waals surface area contributed by atoms with E-state index in [-0.39, 0.29) is 0 Å². The summed E-state index contributed by atoms with van der Waals surface area (Å²) in [7, 11) is 0. The van der Waals surface area contributed by atoms with Crippen LogP contribution in [0.25, 0.3) is 5.78 Å². The zero-order chi connectivity index (χ0) is 8.55. The van der Waals surface area contributed by atoms with Gasteiger partial charge in [0, 0.05) is 11.9 Å². The second kappa shape index (κ2) is 2.53. The van der Waals surface area contributed by atoms with E-state index in [1.165, 1.54) is 0 Å². The zero-order valence-electron chi connectivity index (χ0n) is 6.73. The van der Waals surface area contributed by atoms with Crippen LogP contribution in [-0.2, 0) is 6.54 Å². The lowest BCUT2D eigenvalue weighted by Gasteiger charge is -1.98. The van der Waals surface area contributed by atoms with Gasteiger partial charge in [-0.3, -0.25) is 4.40 Å². The number of hydrogen-bond donors (Lipinski definition) is 1. The molecule has 62 valence electrons. The highest BCUT2D eigenvalue weighted by atomic mass is 15.3. The van der Waals surface area contributed by atoms with Gasteiger partial charge in [-0.25, -0.2) is 4.98 Å². The number of aryl methyl sites for hydroxylation is 1. The van der Waals surface area contributed by atoms with Crippen LogP contribution in [-0.4, -0.2) is 19.6 Å². The largest absolute Gasteiger partial charge is 0.324 e. The highest BCUT2D eigenvalue weighted by Gasteiger charge is 2.04. The van der Waals surface area contributed by atoms with Gasteiger partial charge >= 0.3 is 0 Å². The van der Waals surface area contributed by atoms with E-state index in [1.807, 2.05) is 17.4 Å². The van der Waals surface area contributed by atoms with E-state index in [2.05, 4.69) is 15.2 Å². The third kappa shape index (κ3) is 0.868. The van der Waals surface area contributed by atoms with Crippen molar-refractivity contribution in [3.8, 4) is 0 Å². The first-order valence-electron chi connectivity index (χ1n) is 3.68. The molecule has 2 rings (SSSR count). The maximum absolute atomic E-state index is 5.48. The monoisotopic (exact) mass is 163 g/mol. The predicted molar refractivity (Wildman–Crippen MR) is 43.4 cm³/mol. The fourth-order valence-corrected chi connectivity index (χ4v) is 1.17. The summed E-state index contributed by atoms with van der Waals surface area (Å²) in [6.45, 7) is 2.35. The molecule has 0 spiro atoms. The molecule has 12 heavy (non-hydrogen) atoms. The molecule has 2 heterocycles. The standard InChI is InChI=1S/C7H9N5/c1-5-2-3-9-7-11-10-6(4-8)12(5)7/h2-3H,4,8H2,1H3. The Balaban J connectivity index is 2.83. The molecule has 0 atom stereocenters. The van der Waals surface area contributed by atoms with Crippen molar-refractivity contribution in [1.29, 1.82) is 0 Å². The van der Waals surface area contributed by atoms with Crippen molar-refractivity contribution in [2.24, 2.45) is 5.73 Å². The summed E-state index contributed by atoms with van der Waals surface area (Å²) >= 11 is 0. The van der Waals surface area contributed by atoms with Crippen LogP contribution < -0.4 is 5.73 Å². The van der Waals surface area contributed by atoms with Gasteiger partial charge in [-0.2, -0.15) is 0 Å². The zero-order valence-corrected chi connectivity index (χ0v) is 6.73. The summed E-state index contributed by atoms with van der Waals surface area (Å²) in [6.07, 6.45) is 1.71. The maximum atomic E-state index is 5.48. The quantitative estimate of drug-likeness (QED) is 0.637. The highest BCUT2D eigenvalue weighted by molar-refractivity contribution is 5.29. The molecule has 0 amide bonds. The smallest absolute Gasteiger partial charge is 0.255 e. The maximum Gasteiger partial charge on any atom is 0.255 e. The topological polar surface area (TPSA) is 69.1 Å². The highest BCUT2D eigenvalue weighted by Crippen LogP contribution is 2.03. The number of nitrogens with zero attached hydrogens (tertiary/aromatic N) is 4. The minimum absolute atomic E-state index is 0.383. The molecule has 0 unspecified atom stereocenters. The van der Waals surface area contributed by atoms with Crippen molar-refractivity contribution in [1.82, 2.24) is 19.6 Å². The lowest BCUT2D eigenvalue weighted by molar-refractivity contribution is 0.865. The minimum atomic E-state index is 0.383. The third-order valence-corrected chi connectivity index (χ3v) is 1.75. The van der Waals surface area contributed by atoms with Crippen molar-refractivity contribution in [3.63, 3.8) is 0 Å². The fraction of sp³-hybridized carbons (Fsp3) is 0.286. The molecule has 0 aromatic carbocycles. The molecule has 0 fully saturated rings. The Morgan fingerprint density at radius 3 is 3.08 bits per heavy atom. The van der Waals surface area contributed by atoms with E-state index >= 15 is 0 Å². The fourth-order valence-electron chi connectivity index (χ4n) is 1.17. The van der Waals surface area contributed by atoms with Crippen molar-refractivity contribution in [3.05, 3.63) is 23.8 Å². The molecule has 0 aliphatic rings. The summed E-state index contributed by atoms with van der Waals surface area (Å²) in [6, 6.07) is 1.90. The van der Waals surface area contributed by atoms with Crippen molar-refractivity contribution < 1.29 is 0 Å². The molecule has 0 bridgehead atoms. The molecule has 0 aliphatic carbocycles. The van der Waals surface area contributed by atoms with Crippen LogP contribution in [0.1, 0.15) is 11.5 Å². The van der Waals surface area contributed by atoms with Crippen molar-refractivity contribution in [2.45, 2.75) is 13.5 Å². The Hall–Kier alpha value is -1.49. The van der Waals surface area contributed by atoms with Crippen LogP contribution >= 0.6 is 0 Å². The van der Waals surface area contributed by atoms with Crippen molar-refractivity contribution in [2.75, 3.05) is 0 Å². The van der Waals surface area contributed by atoms with Crippen molar-refractivity contribution >= 4 is 5.78 Å². The van der Waals surface area contributed by atoms with Gasteiger partial charge in [-0.15, -0.1) is 10.2 Å². The minimum Gasteiger partial charge on any atom is -0.324 e. The number of rotatable bonds is 1. The molecular weight excluding hydrogens is 154 g/mol. The first-order valence-corrected chi connectivity index (χ1v) is 3.68. The number of aromatic nitrogens is 4. The van der Waals surface area contributed by atoms with Crippen LogP contribution in [0, 0.1) is 6.92 Å². The lowest BCUT2D eigenvalue weighted by atomic mass is 10.4. The van der Waals surface area contributed by atoms with E-state index in [9.17, 15) is 0 Å². The number of nitrogens with two attached hydrogens (primary N) is 1. The summed E-state index contributed by atoms with van der Waals surface area (Å²) in [5.41, 5.74) is 6.52. The Labute approximate surface area is 69.2 Å². The Bertz CT molecular complexity index is 405. The van der Waals surface area contributed by atoms with Crippen LogP contribution in [0.4, 0.5) is 0 Å².